The number of rotatable bonds is 8. The molecule has 0 radical (unpaired) electrons. The zero-order chi connectivity index (χ0) is 18.1. The van der Waals surface area contributed by atoms with Gasteiger partial charge in [0.25, 0.3) is 0 Å². The number of nitrogens with one attached hydrogen (secondary N) is 1. The Morgan fingerprint density at radius 1 is 1.23 bits per heavy atom. The van der Waals surface area contributed by atoms with Crippen LogP contribution in [0.4, 0.5) is 0 Å². The molecule has 0 spiro atoms. The molecule has 0 aliphatic carbocycles. The van der Waals surface area contributed by atoms with Crippen LogP contribution in [0.25, 0.3) is 0 Å². The molecule has 1 aromatic carbocycles. The average molecular weight is 472 g/mol. The molecule has 0 amide bonds. The van der Waals surface area contributed by atoms with Gasteiger partial charge in [0.05, 0.1) is 20.3 Å². The van der Waals surface area contributed by atoms with Crippen LogP contribution < -0.4 is 14.8 Å². The van der Waals surface area contributed by atoms with Crippen LogP contribution in [0.3, 0.4) is 0 Å². The highest BCUT2D eigenvalue weighted by Gasteiger charge is 2.07. The fourth-order valence-corrected chi connectivity index (χ4v) is 2.52. The second-order valence-corrected chi connectivity index (χ2v) is 5.82. The van der Waals surface area contributed by atoms with Crippen molar-refractivity contribution in [3.05, 3.63) is 48.3 Å². The molecular weight excluding hydrogens is 443 g/mol. The lowest BCUT2D eigenvalue weighted by Crippen LogP contribution is -2.39. The van der Waals surface area contributed by atoms with Crippen LogP contribution in [0.15, 0.2) is 47.6 Å². The minimum absolute atomic E-state index is 0. The van der Waals surface area contributed by atoms with Crippen molar-refractivity contribution in [3.8, 4) is 11.5 Å². The number of halogens is 1. The first-order chi connectivity index (χ1) is 12.1. The van der Waals surface area contributed by atoms with Gasteiger partial charge in [-0.05, 0) is 30.7 Å². The third kappa shape index (κ3) is 6.78. The molecule has 0 atom stereocenters. The number of aliphatic imine (C=N–C) groups is 1. The molecule has 6 nitrogen and oxygen atoms in total. The van der Waals surface area contributed by atoms with E-state index in [2.05, 4.69) is 45.2 Å². The highest BCUT2D eigenvalue weighted by atomic mass is 127. The highest BCUT2D eigenvalue weighted by molar-refractivity contribution is 14.0. The van der Waals surface area contributed by atoms with Crippen molar-refractivity contribution in [2.75, 3.05) is 34.4 Å². The van der Waals surface area contributed by atoms with Crippen molar-refractivity contribution >= 4 is 29.9 Å². The topological polar surface area (TPSA) is 51.0 Å². The number of hydrogen-bond donors (Lipinski definition) is 1. The lowest BCUT2D eigenvalue weighted by Gasteiger charge is -2.22. The molecule has 26 heavy (non-hydrogen) atoms. The Morgan fingerprint density at radius 3 is 2.65 bits per heavy atom. The second-order valence-electron chi connectivity index (χ2n) is 5.82. The van der Waals surface area contributed by atoms with Crippen LogP contribution in [-0.2, 0) is 13.6 Å². The average Bonchev–Trinajstić information content (AvgIpc) is 3.03. The largest absolute Gasteiger partial charge is 0.497 e. The lowest BCUT2D eigenvalue weighted by atomic mass is 10.3. The predicted molar refractivity (Wildman–Crippen MR) is 117 cm³/mol. The van der Waals surface area contributed by atoms with Crippen LogP contribution in [0.5, 0.6) is 11.5 Å². The third-order valence-corrected chi connectivity index (χ3v) is 3.94. The van der Waals surface area contributed by atoms with Gasteiger partial charge in [0, 0.05) is 45.6 Å². The lowest BCUT2D eigenvalue weighted by molar-refractivity contribution is 0.307. The summed E-state index contributed by atoms with van der Waals surface area (Å²) in [4.78, 5) is 6.45. The van der Waals surface area contributed by atoms with Crippen LogP contribution in [0.1, 0.15) is 12.1 Å². The van der Waals surface area contributed by atoms with Crippen LogP contribution >= 0.6 is 24.0 Å². The van der Waals surface area contributed by atoms with Crippen LogP contribution in [0, 0.1) is 0 Å². The van der Waals surface area contributed by atoms with E-state index in [4.69, 9.17) is 9.47 Å². The maximum absolute atomic E-state index is 5.75. The third-order valence-electron chi connectivity index (χ3n) is 3.94. The Morgan fingerprint density at radius 2 is 2.00 bits per heavy atom. The molecule has 0 saturated carbocycles. The Kier molecular flexibility index (Phi) is 9.93. The van der Waals surface area contributed by atoms with Gasteiger partial charge in [-0.15, -0.1) is 24.0 Å². The number of aromatic nitrogens is 1. The van der Waals surface area contributed by atoms with E-state index in [-0.39, 0.29) is 24.0 Å². The van der Waals surface area contributed by atoms with Gasteiger partial charge in [0.15, 0.2) is 5.96 Å². The summed E-state index contributed by atoms with van der Waals surface area (Å²) in [5.74, 6) is 2.51. The molecule has 0 saturated heterocycles. The first-order valence-electron chi connectivity index (χ1n) is 8.43. The number of hydrogen-bond acceptors (Lipinski definition) is 3. The molecule has 7 heteroatoms. The van der Waals surface area contributed by atoms with Crippen molar-refractivity contribution < 1.29 is 9.47 Å². The van der Waals surface area contributed by atoms with Crippen molar-refractivity contribution in [2.24, 2.45) is 12.0 Å². The highest BCUT2D eigenvalue weighted by Crippen LogP contribution is 2.18. The number of nitrogens with zero attached hydrogens (tertiary/aromatic N) is 3. The van der Waals surface area contributed by atoms with Gasteiger partial charge in [-0.3, -0.25) is 4.99 Å². The molecule has 0 bridgehead atoms. The van der Waals surface area contributed by atoms with Gasteiger partial charge in [-0.1, -0.05) is 6.07 Å². The van der Waals surface area contributed by atoms with E-state index in [0.717, 1.165) is 37.0 Å². The molecule has 1 N–H and O–H groups in total. The summed E-state index contributed by atoms with van der Waals surface area (Å²) >= 11 is 0. The monoisotopic (exact) mass is 472 g/mol. The minimum atomic E-state index is 0. The van der Waals surface area contributed by atoms with Crippen LogP contribution in [-0.4, -0.2) is 49.8 Å². The molecule has 0 aliphatic heterocycles. The molecule has 0 aliphatic rings. The van der Waals surface area contributed by atoms with E-state index in [1.165, 1.54) is 5.69 Å². The molecule has 1 aromatic heterocycles. The Hall–Kier alpha value is -1.90. The Labute approximate surface area is 173 Å². The maximum atomic E-state index is 5.75. The summed E-state index contributed by atoms with van der Waals surface area (Å²) in [6.07, 6.45) is 2.93. The summed E-state index contributed by atoms with van der Waals surface area (Å²) < 4.78 is 13.1. The Balaban J connectivity index is 0.00000338. The van der Waals surface area contributed by atoms with Gasteiger partial charge >= 0.3 is 0 Å². The SMILES string of the molecule is CN=C(NCCCOc1cccc(OC)c1)N(C)Cc1cccn1C.I. The fourth-order valence-electron chi connectivity index (χ4n) is 2.52. The molecule has 2 rings (SSSR count). The zero-order valence-electron chi connectivity index (χ0n) is 15.9. The molecule has 2 aromatic rings. The number of aryl methyl sites for hydroxylation is 1. The molecule has 144 valence electrons. The maximum Gasteiger partial charge on any atom is 0.193 e. The summed E-state index contributed by atoms with van der Waals surface area (Å²) in [5.41, 5.74) is 1.24. The Bertz CT molecular complexity index is 688. The number of methoxy groups -OCH3 is 1. The zero-order valence-corrected chi connectivity index (χ0v) is 18.3. The van der Waals surface area contributed by atoms with E-state index >= 15 is 0 Å². The van der Waals surface area contributed by atoms with E-state index in [0.29, 0.717) is 6.61 Å². The van der Waals surface area contributed by atoms with E-state index < -0.39 is 0 Å². The molecule has 0 fully saturated rings. The van der Waals surface area contributed by atoms with E-state index in [1.54, 1.807) is 14.2 Å². The van der Waals surface area contributed by atoms with E-state index in [1.807, 2.05) is 31.3 Å². The molecule has 1 heterocycles. The van der Waals surface area contributed by atoms with Gasteiger partial charge in [0.2, 0.25) is 0 Å². The van der Waals surface area contributed by atoms with Crippen molar-refractivity contribution in [2.45, 2.75) is 13.0 Å². The van der Waals surface area contributed by atoms with Gasteiger partial charge in [-0.25, -0.2) is 0 Å². The molecular formula is C19H29IN4O2. The van der Waals surface area contributed by atoms with Gasteiger partial charge in [0.1, 0.15) is 11.5 Å². The smallest absolute Gasteiger partial charge is 0.193 e. The summed E-state index contributed by atoms with van der Waals surface area (Å²) in [6.45, 7) is 2.25. The normalized spacial score (nSPS) is 10.8. The van der Waals surface area contributed by atoms with Crippen LogP contribution in [0.2, 0.25) is 0 Å². The van der Waals surface area contributed by atoms with Crippen molar-refractivity contribution in [3.63, 3.8) is 0 Å². The summed E-state index contributed by atoms with van der Waals surface area (Å²) in [7, 11) is 7.54. The van der Waals surface area contributed by atoms with Gasteiger partial charge < -0.3 is 24.3 Å². The first-order valence-corrected chi connectivity index (χ1v) is 8.43. The summed E-state index contributed by atoms with van der Waals surface area (Å²) in [6, 6.07) is 11.8. The van der Waals surface area contributed by atoms with Crippen molar-refractivity contribution in [1.29, 1.82) is 0 Å². The number of guanidine groups is 1. The van der Waals surface area contributed by atoms with E-state index in [9.17, 15) is 0 Å². The predicted octanol–water partition coefficient (Wildman–Crippen LogP) is 3.13. The van der Waals surface area contributed by atoms with Gasteiger partial charge in [-0.2, -0.15) is 0 Å². The van der Waals surface area contributed by atoms with Crippen molar-refractivity contribution in [1.82, 2.24) is 14.8 Å². The standard InChI is InChI=1S/C19H28N4O2.HI/c1-20-19(23(3)15-16-8-6-12-22(16)2)21-11-7-13-25-18-10-5-9-17(14-18)24-4;/h5-6,8-10,12,14H,7,11,13,15H2,1-4H3,(H,20,21);1H. The fraction of sp³-hybridized carbons (Fsp3) is 0.421. The minimum Gasteiger partial charge on any atom is -0.497 e. The first kappa shape index (κ1) is 22.1. The summed E-state index contributed by atoms with van der Waals surface area (Å²) in [5, 5.41) is 3.37. The number of benzene rings is 1. The molecule has 0 unspecified atom stereocenters. The quantitative estimate of drug-likeness (QED) is 0.278. The second kappa shape index (κ2) is 11.7. The number of ether oxygens (including phenoxy) is 2.